The smallest absolute Gasteiger partial charge is 0.251 e. The maximum absolute atomic E-state index is 13.1. The molecule has 22 heavy (non-hydrogen) atoms. The van der Waals surface area contributed by atoms with E-state index < -0.39 is 5.82 Å². The van der Waals surface area contributed by atoms with E-state index in [0.717, 1.165) is 21.3 Å². The largest absolute Gasteiger partial charge is 0.467 e. The number of fused-ring (bicyclic) bond motifs is 1. The third-order valence-electron chi connectivity index (χ3n) is 3.28. The number of hydrogen-bond acceptors (Lipinski definition) is 3. The number of carbonyl (C=O) groups excluding carboxylic acids is 1. The monoisotopic (exact) mass is 365 g/mol. The highest BCUT2D eigenvalue weighted by molar-refractivity contribution is 9.10. The first kappa shape index (κ1) is 15.0. The van der Waals surface area contributed by atoms with Crippen molar-refractivity contribution in [3.63, 3.8) is 0 Å². The number of hydrogen-bond donors (Lipinski definition) is 1. The molecule has 0 unspecified atom stereocenters. The number of benzene rings is 2. The van der Waals surface area contributed by atoms with Crippen molar-refractivity contribution in [3.05, 3.63) is 63.4 Å². The van der Waals surface area contributed by atoms with Gasteiger partial charge in [0.05, 0.1) is 6.61 Å². The zero-order chi connectivity index (χ0) is 15.5. The number of rotatable bonds is 3. The van der Waals surface area contributed by atoms with Crippen LogP contribution < -0.4 is 10.1 Å². The van der Waals surface area contributed by atoms with Gasteiger partial charge >= 0.3 is 0 Å². The first-order chi connectivity index (χ1) is 10.6. The standard InChI is InChI=1S/C16H13BrFNO3/c17-13-4-11(15-12(5-13)8-21-9-22-15)7-19-16(20)10-2-1-3-14(18)6-10/h1-6H,7-9H2,(H,19,20). The van der Waals surface area contributed by atoms with Crippen molar-refractivity contribution in [3.8, 4) is 5.75 Å². The number of amides is 1. The Hall–Kier alpha value is -1.92. The third kappa shape index (κ3) is 3.28. The maximum atomic E-state index is 13.1. The van der Waals surface area contributed by atoms with Crippen molar-refractivity contribution in [1.82, 2.24) is 5.32 Å². The van der Waals surface area contributed by atoms with Crippen LogP contribution in [0.25, 0.3) is 0 Å². The van der Waals surface area contributed by atoms with E-state index >= 15 is 0 Å². The van der Waals surface area contributed by atoms with Crippen LogP contribution in [0.15, 0.2) is 40.9 Å². The molecule has 0 saturated heterocycles. The summed E-state index contributed by atoms with van der Waals surface area (Å²) in [6, 6.07) is 9.39. The highest BCUT2D eigenvalue weighted by Crippen LogP contribution is 2.31. The molecular weight excluding hydrogens is 353 g/mol. The summed E-state index contributed by atoms with van der Waals surface area (Å²) < 4.78 is 24.8. The molecule has 2 aromatic rings. The Labute approximate surface area is 135 Å². The van der Waals surface area contributed by atoms with Crippen molar-refractivity contribution in [1.29, 1.82) is 0 Å². The maximum Gasteiger partial charge on any atom is 0.251 e. The molecule has 1 aliphatic rings. The molecule has 0 atom stereocenters. The lowest BCUT2D eigenvalue weighted by Gasteiger charge is -2.21. The van der Waals surface area contributed by atoms with Gasteiger partial charge in [0.15, 0.2) is 6.79 Å². The fourth-order valence-corrected chi connectivity index (χ4v) is 2.85. The highest BCUT2D eigenvalue weighted by atomic mass is 79.9. The normalized spacial score (nSPS) is 13.2. The third-order valence-corrected chi connectivity index (χ3v) is 3.74. The Morgan fingerprint density at radius 2 is 2.18 bits per heavy atom. The molecule has 114 valence electrons. The van der Waals surface area contributed by atoms with Gasteiger partial charge in [0.2, 0.25) is 0 Å². The van der Waals surface area contributed by atoms with E-state index in [2.05, 4.69) is 21.2 Å². The predicted octanol–water partition coefficient (Wildman–Crippen LogP) is 3.38. The summed E-state index contributed by atoms with van der Waals surface area (Å²) in [7, 11) is 0. The molecule has 1 amide bonds. The molecule has 0 saturated carbocycles. The fraction of sp³-hybridized carbons (Fsp3) is 0.188. The van der Waals surface area contributed by atoms with E-state index in [1.807, 2.05) is 12.1 Å². The minimum atomic E-state index is -0.437. The van der Waals surface area contributed by atoms with Gasteiger partial charge < -0.3 is 14.8 Å². The molecule has 0 aliphatic carbocycles. The Morgan fingerprint density at radius 3 is 3.00 bits per heavy atom. The van der Waals surface area contributed by atoms with Crippen LogP contribution in [-0.4, -0.2) is 12.7 Å². The first-order valence-corrected chi connectivity index (χ1v) is 7.48. The first-order valence-electron chi connectivity index (χ1n) is 6.69. The van der Waals surface area contributed by atoms with Crippen LogP contribution in [0.4, 0.5) is 4.39 Å². The van der Waals surface area contributed by atoms with Crippen LogP contribution in [0, 0.1) is 5.82 Å². The topological polar surface area (TPSA) is 47.6 Å². The quantitative estimate of drug-likeness (QED) is 0.906. The average molecular weight is 366 g/mol. The number of carbonyl (C=O) groups is 1. The van der Waals surface area contributed by atoms with Gasteiger partial charge in [-0.25, -0.2) is 4.39 Å². The van der Waals surface area contributed by atoms with E-state index in [4.69, 9.17) is 9.47 Å². The molecular formula is C16H13BrFNO3. The molecule has 0 fully saturated rings. The molecule has 1 aliphatic heterocycles. The van der Waals surface area contributed by atoms with Gasteiger partial charge in [-0.15, -0.1) is 0 Å². The predicted molar refractivity (Wildman–Crippen MR) is 82.0 cm³/mol. The Morgan fingerprint density at radius 1 is 1.32 bits per heavy atom. The van der Waals surface area contributed by atoms with Crippen LogP contribution in [-0.2, 0) is 17.9 Å². The Kier molecular flexibility index (Phi) is 4.40. The zero-order valence-electron chi connectivity index (χ0n) is 11.6. The van der Waals surface area contributed by atoms with E-state index in [1.54, 1.807) is 6.07 Å². The second-order valence-electron chi connectivity index (χ2n) is 4.86. The lowest BCUT2D eigenvalue weighted by molar-refractivity contribution is -0.0171. The van der Waals surface area contributed by atoms with Gasteiger partial charge in [-0.05, 0) is 30.3 Å². The van der Waals surface area contributed by atoms with Crippen LogP contribution >= 0.6 is 15.9 Å². The van der Waals surface area contributed by atoms with E-state index in [-0.39, 0.29) is 24.8 Å². The van der Waals surface area contributed by atoms with Gasteiger partial charge in [0, 0.05) is 27.7 Å². The SMILES string of the molecule is O=C(NCc1cc(Br)cc2c1OCOC2)c1cccc(F)c1. The van der Waals surface area contributed by atoms with Crippen molar-refractivity contribution in [2.45, 2.75) is 13.2 Å². The molecule has 6 heteroatoms. The zero-order valence-corrected chi connectivity index (χ0v) is 13.2. The van der Waals surface area contributed by atoms with Gasteiger partial charge in [0.25, 0.3) is 5.91 Å². The van der Waals surface area contributed by atoms with Gasteiger partial charge in [-0.3, -0.25) is 4.79 Å². The van der Waals surface area contributed by atoms with Crippen molar-refractivity contribution >= 4 is 21.8 Å². The summed E-state index contributed by atoms with van der Waals surface area (Å²) in [5.41, 5.74) is 2.06. The van der Waals surface area contributed by atoms with Crippen LogP contribution in [0.1, 0.15) is 21.5 Å². The molecule has 0 spiro atoms. The van der Waals surface area contributed by atoms with Crippen molar-refractivity contribution in [2.75, 3.05) is 6.79 Å². The molecule has 4 nitrogen and oxygen atoms in total. The van der Waals surface area contributed by atoms with E-state index in [9.17, 15) is 9.18 Å². The summed E-state index contributed by atoms with van der Waals surface area (Å²) >= 11 is 3.43. The lowest BCUT2D eigenvalue weighted by Crippen LogP contribution is -2.24. The molecule has 2 aromatic carbocycles. The molecule has 1 N–H and O–H groups in total. The van der Waals surface area contributed by atoms with Crippen molar-refractivity contribution < 1.29 is 18.7 Å². The lowest BCUT2D eigenvalue weighted by atomic mass is 10.1. The molecule has 0 bridgehead atoms. The minimum Gasteiger partial charge on any atom is -0.467 e. The Bertz CT molecular complexity index is 721. The van der Waals surface area contributed by atoms with Gasteiger partial charge in [-0.1, -0.05) is 22.0 Å². The van der Waals surface area contributed by atoms with Crippen LogP contribution in [0.3, 0.4) is 0 Å². The summed E-state index contributed by atoms with van der Waals surface area (Å²) in [4.78, 5) is 12.1. The van der Waals surface area contributed by atoms with E-state index in [0.29, 0.717) is 6.61 Å². The molecule has 1 heterocycles. The number of halogens is 2. The second kappa shape index (κ2) is 6.46. The minimum absolute atomic E-state index is 0.194. The Balaban J connectivity index is 1.76. The van der Waals surface area contributed by atoms with Gasteiger partial charge in [-0.2, -0.15) is 0 Å². The van der Waals surface area contributed by atoms with Gasteiger partial charge in [0.1, 0.15) is 11.6 Å². The summed E-state index contributed by atoms with van der Waals surface area (Å²) in [5.74, 6) is -0.0396. The fourth-order valence-electron chi connectivity index (χ4n) is 2.30. The summed E-state index contributed by atoms with van der Waals surface area (Å²) in [6.45, 7) is 0.955. The molecule has 0 radical (unpaired) electrons. The van der Waals surface area contributed by atoms with Crippen molar-refractivity contribution in [2.24, 2.45) is 0 Å². The van der Waals surface area contributed by atoms with Crippen LogP contribution in [0.2, 0.25) is 0 Å². The average Bonchev–Trinajstić information content (AvgIpc) is 2.52. The number of ether oxygens (including phenoxy) is 2. The number of nitrogens with one attached hydrogen (secondary N) is 1. The molecule has 3 rings (SSSR count). The highest BCUT2D eigenvalue weighted by Gasteiger charge is 2.17. The summed E-state index contributed by atoms with van der Waals surface area (Å²) in [6.07, 6.45) is 0. The second-order valence-corrected chi connectivity index (χ2v) is 5.77. The van der Waals surface area contributed by atoms with Crippen LogP contribution in [0.5, 0.6) is 5.75 Å². The molecule has 0 aromatic heterocycles. The van der Waals surface area contributed by atoms with E-state index in [1.165, 1.54) is 18.2 Å². The summed E-state index contributed by atoms with van der Waals surface area (Å²) in [5, 5.41) is 2.77.